The van der Waals surface area contributed by atoms with Gasteiger partial charge in [-0.15, -0.1) is 0 Å². The van der Waals surface area contributed by atoms with Gasteiger partial charge in [0.2, 0.25) is 5.95 Å². The van der Waals surface area contributed by atoms with Crippen molar-refractivity contribution in [2.75, 3.05) is 62.4 Å². The first-order valence-electron chi connectivity index (χ1n) is 7.67. The summed E-state index contributed by atoms with van der Waals surface area (Å²) in [5.41, 5.74) is 1.74. The zero-order valence-electron chi connectivity index (χ0n) is 12.7. The Balaban J connectivity index is 1.78. The van der Waals surface area contributed by atoms with Crippen LogP contribution in [0.25, 0.3) is 11.2 Å². The monoisotopic (exact) mass is 304 g/mol. The van der Waals surface area contributed by atoms with Crippen LogP contribution in [0.15, 0.2) is 6.33 Å². The summed E-state index contributed by atoms with van der Waals surface area (Å²) >= 11 is 0. The van der Waals surface area contributed by atoms with Crippen molar-refractivity contribution in [1.29, 1.82) is 0 Å². The van der Waals surface area contributed by atoms with E-state index in [0.717, 1.165) is 75.5 Å². The fourth-order valence-corrected chi connectivity index (χ4v) is 2.93. The third-order valence-electron chi connectivity index (χ3n) is 4.15. The predicted octanol–water partition coefficient (Wildman–Crippen LogP) is 0.0365. The Bertz CT molecular complexity index is 661. The number of rotatable bonds is 2. The molecule has 2 fully saturated rings. The number of nitrogens with zero attached hydrogens (tertiary/aromatic N) is 6. The van der Waals surface area contributed by atoms with Gasteiger partial charge in [-0.2, -0.15) is 9.97 Å². The van der Waals surface area contributed by atoms with Gasteiger partial charge in [0.25, 0.3) is 0 Å². The summed E-state index contributed by atoms with van der Waals surface area (Å²) in [7, 11) is 1.98. The molecule has 2 saturated heterocycles. The zero-order valence-corrected chi connectivity index (χ0v) is 12.7. The van der Waals surface area contributed by atoms with Gasteiger partial charge in [-0.1, -0.05) is 0 Å². The Morgan fingerprint density at radius 3 is 2.23 bits per heavy atom. The van der Waals surface area contributed by atoms with Crippen LogP contribution in [0, 0.1) is 0 Å². The molecule has 2 aliphatic rings. The van der Waals surface area contributed by atoms with E-state index in [0.29, 0.717) is 0 Å². The molecule has 4 heterocycles. The highest BCUT2D eigenvalue weighted by molar-refractivity contribution is 5.85. The van der Waals surface area contributed by atoms with Crippen molar-refractivity contribution >= 4 is 22.9 Å². The van der Waals surface area contributed by atoms with E-state index in [1.165, 1.54) is 0 Å². The molecule has 0 aliphatic carbocycles. The van der Waals surface area contributed by atoms with Gasteiger partial charge in [0.05, 0.1) is 32.8 Å². The lowest BCUT2D eigenvalue weighted by Gasteiger charge is -2.31. The molecular formula is C14H20N6O2. The van der Waals surface area contributed by atoms with Crippen molar-refractivity contribution in [3.05, 3.63) is 6.33 Å². The molecule has 0 amide bonds. The van der Waals surface area contributed by atoms with Gasteiger partial charge in [-0.05, 0) is 0 Å². The number of ether oxygens (including phenoxy) is 2. The molecule has 2 aliphatic heterocycles. The zero-order chi connectivity index (χ0) is 14.9. The second kappa shape index (κ2) is 5.69. The van der Waals surface area contributed by atoms with Gasteiger partial charge in [0.15, 0.2) is 11.5 Å². The van der Waals surface area contributed by atoms with E-state index in [1.807, 2.05) is 11.6 Å². The summed E-state index contributed by atoms with van der Waals surface area (Å²) < 4.78 is 12.9. The molecule has 0 spiro atoms. The van der Waals surface area contributed by atoms with Crippen molar-refractivity contribution in [2.24, 2.45) is 7.05 Å². The summed E-state index contributed by atoms with van der Waals surface area (Å²) in [5.74, 6) is 1.70. The molecule has 0 unspecified atom stereocenters. The van der Waals surface area contributed by atoms with Gasteiger partial charge in [0.1, 0.15) is 5.52 Å². The Morgan fingerprint density at radius 1 is 0.909 bits per heavy atom. The molecule has 2 aromatic rings. The number of morpholine rings is 2. The van der Waals surface area contributed by atoms with Gasteiger partial charge >= 0.3 is 0 Å². The van der Waals surface area contributed by atoms with Gasteiger partial charge in [-0.25, -0.2) is 4.98 Å². The molecule has 22 heavy (non-hydrogen) atoms. The van der Waals surface area contributed by atoms with Crippen LogP contribution in [0.4, 0.5) is 11.8 Å². The summed E-state index contributed by atoms with van der Waals surface area (Å²) in [4.78, 5) is 18.4. The summed E-state index contributed by atoms with van der Waals surface area (Å²) in [6.45, 7) is 6.24. The van der Waals surface area contributed by atoms with E-state index in [-0.39, 0.29) is 0 Å². The summed E-state index contributed by atoms with van der Waals surface area (Å²) in [6, 6.07) is 0. The first-order valence-corrected chi connectivity index (χ1v) is 7.67. The van der Waals surface area contributed by atoms with E-state index in [1.54, 1.807) is 6.33 Å². The maximum absolute atomic E-state index is 5.46. The molecule has 8 heteroatoms. The highest BCUT2D eigenvalue weighted by Gasteiger charge is 2.22. The van der Waals surface area contributed by atoms with Crippen molar-refractivity contribution < 1.29 is 9.47 Å². The number of hydrogen-bond acceptors (Lipinski definition) is 7. The van der Waals surface area contributed by atoms with E-state index in [4.69, 9.17) is 14.5 Å². The van der Waals surface area contributed by atoms with Gasteiger partial charge in [0, 0.05) is 33.2 Å². The lowest BCUT2D eigenvalue weighted by atomic mass is 10.3. The molecular weight excluding hydrogens is 284 g/mol. The van der Waals surface area contributed by atoms with E-state index < -0.39 is 0 Å². The average molecular weight is 304 g/mol. The topological polar surface area (TPSA) is 68.5 Å². The number of aryl methyl sites for hydroxylation is 1. The van der Waals surface area contributed by atoms with Crippen LogP contribution < -0.4 is 9.80 Å². The van der Waals surface area contributed by atoms with Crippen LogP contribution in [0.2, 0.25) is 0 Å². The summed E-state index contributed by atoms with van der Waals surface area (Å²) in [5, 5.41) is 0. The van der Waals surface area contributed by atoms with Crippen LogP contribution in [0.3, 0.4) is 0 Å². The lowest BCUT2D eigenvalue weighted by molar-refractivity contribution is 0.121. The number of anilines is 2. The smallest absolute Gasteiger partial charge is 0.229 e. The highest BCUT2D eigenvalue weighted by atomic mass is 16.5. The highest BCUT2D eigenvalue weighted by Crippen LogP contribution is 2.26. The van der Waals surface area contributed by atoms with E-state index >= 15 is 0 Å². The minimum absolute atomic E-state index is 0.719. The Morgan fingerprint density at radius 2 is 1.55 bits per heavy atom. The van der Waals surface area contributed by atoms with Gasteiger partial charge in [-0.3, -0.25) is 0 Å². The number of aromatic nitrogens is 4. The molecule has 8 nitrogen and oxygen atoms in total. The number of hydrogen-bond donors (Lipinski definition) is 0. The molecule has 0 saturated carbocycles. The third-order valence-corrected chi connectivity index (χ3v) is 4.15. The lowest BCUT2D eigenvalue weighted by Crippen LogP contribution is -2.39. The third kappa shape index (κ3) is 2.38. The van der Waals surface area contributed by atoms with Gasteiger partial charge < -0.3 is 23.8 Å². The van der Waals surface area contributed by atoms with Crippen LogP contribution >= 0.6 is 0 Å². The Labute approximate surface area is 128 Å². The largest absolute Gasteiger partial charge is 0.378 e. The number of imidazole rings is 1. The molecule has 4 rings (SSSR count). The molecule has 0 atom stereocenters. The fraction of sp³-hybridized carbons (Fsp3) is 0.643. The first-order chi connectivity index (χ1) is 10.8. The predicted molar refractivity (Wildman–Crippen MR) is 82.4 cm³/mol. The van der Waals surface area contributed by atoms with E-state index in [2.05, 4.69) is 19.8 Å². The minimum Gasteiger partial charge on any atom is -0.378 e. The minimum atomic E-state index is 0.719. The molecule has 118 valence electrons. The first kappa shape index (κ1) is 13.7. The molecule has 2 aromatic heterocycles. The average Bonchev–Trinajstić information content (AvgIpc) is 2.97. The van der Waals surface area contributed by atoms with Crippen LogP contribution in [0.5, 0.6) is 0 Å². The Kier molecular flexibility index (Phi) is 3.55. The quantitative estimate of drug-likeness (QED) is 0.775. The van der Waals surface area contributed by atoms with Crippen LogP contribution in [-0.2, 0) is 16.5 Å². The standard InChI is InChI=1S/C14H20N6O2/c1-18-10-15-12-11(18)13(19-2-6-21-7-3-19)17-14(16-12)20-4-8-22-9-5-20/h10H,2-9H2,1H3. The fourth-order valence-electron chi connectivity index (χ4n) is 2.93. The van der Waals surface area contributed by atoms with Crippen LogP contribution in [-0.4, -0.2) is 72.1 Å². The molecule has 0 aromatic carbocycles. The summed E-state index contributed by atoms with van der Waals surface area (Å²) in [6.07, 6.45) is 1.80. The van der Waals surface area contributed by atoms with Crippen molar-refractivity contribution in [2.45, 2.75) is 0 Å². The van der Waals surface area contributed by atoms with E-state index in [9.17, 15) is 0 Å². The van der Waals surface area contributed by atoms with Crippen molar-refractivity contribution in [3.63, 3.8) is 0 Å². The number of fused-ring (bicyclic) bond motifs is 1. The maximum Gasteiger partial charge on any atom is 0.229 e. The maximum atomic E-state index is 5.46. The molecule has 0 radical (unpaired) electrons. The normalized spacial score (nSPS) is 19.9. The van der Waals surface area contributed by atoms with Crippen LogP contribution in [0.1, 0.15) is 0 Å². The second-order valence-electron chi connectivity index (χ2n) is 5.57. The SMILES string of the molecule is Cn1cnc2nc(N3CCOCC3)nc(N3CCOCC3)c21. The molecule has 0 bridgehead atoms. The van der Waals surface area contributed by atoms with Crippen molar-refractivity contribution in [1.82, 2.24) is 19.5 Å². The Hall–Kier alpha value is -1.93. The molecule has 0 N–H and O–H groups in total. The second-order valence-corrected chi connectivity index (χ2v) is 5.57. The van der Waals surface area contributed by atoms with Crippen molar-refractivity contribution in [3.8, 4) is 0 Å².